The molecule has 2 N–H and O–H groups in total. The Balaban J connectivity index is 2.23. The second kappa shape index (κ2) is 7.18. The molecule has 2 aromatic rings. The van der Waals surface area contributed by atoms with E-state index in [1.54, 1.807) is 20.8 Å². The predicted octanol–water partition coefficient (Wildman–Crippen LogP) is 2.14. The minimum atomic E-state index is -0.863. The van der Waals surface area contributed by atoms with Crippen molar-refractivity contribution in [1.29, 1.82) is 0 Å². The van der Waals surface area contributed by atoms with Crippen LogP contribution in [0.25, 0.3) is 0 Å². The number of ether oxygens (including phenoxy) is 2. The van der Waals surface area contributed by atoms with E-state index in [0.717, 1.165) is 0 Å². The zero-order valence-electron chi connectivity index (χ0n) is 15.7. The average molecular weight is 389 g/mol. The predicted molar refractivity (Wildman–Crippen MR) is 97.0 cm³/mol. The van der Waals surface area contributed by atoms with E-state index in [1.807, 2.05) is 0 Å². The lowest BCUT2D eigenvalue weighted by atomic mass is 9.95. The van der Waals surface area contributed by atoms with E-state index in [-0.39, 0.29) is 17.4 Å². The van der Waals surface area contributed by atoms with Crippen LogP contribution in [0, 0.1) is 10.1 Å². The number of aromatic nitrogens is 3. The van der Waals surface area contributed by atoms with Crippen molar-refractivity contribution < 1.29 is 24.3 Å². The van der Waals surface area contributed by atoms with Crippen LogP contribution in [0.15, 0.2) is 29.7 Å². The van der Waals surface area contributed by atoms with Gasteiger partial charge in [0.25, 0.3) is 0 Å². The molecule has 0 unspecified atom stereocenters. The maximum absolute atomic E-state index is 12.8. The zero-order valence-corrected chi connectivity index (χ0v) is 15.7. The third kappa shape index (κ3) is 3.21. The topological polar surface area (TPSA) is 142 Å². The Labute approximate surface area is 159 Å². The number of hydrogen-bond acceptors (Lipinski definition) is 9. The molecule has 1 aliphatic heterocycles. The number of benzene rings is 1. The van der Waals surface area contributed by atoms with Crippen LogP contribution >= 0.6 is 0 Å². The van der Waals surface area contributed by atoms with Gasteiger partial charge < -0.3 is 19.9 Å². The fraction of sp³-hybridized carbons (Fsp3) is 0.353. The number of carbonyl (C=O) groups excluding carboxylic acids is 1. The van der Waals surface area contributed by atoms with Crippen molar-refractivity contribution in [3.05, 3.63) is 45.4 Å². The Hall–Kier alpha value is -3.63. The van der Waals surface area contributed by atoms with E-state index in [0.29, 0.717) is 17.2 Å². The molecule has 0 amide bonds. The third-order valence-corrected chi connectivity index (χ3v) is 4.17. The molecule has 11 nitrogen and oxygen atoms in total. The number of allylic oxidation sites excluding steroid dienone is 1. The Morgan fingerprint density at radius 2 is 2.14 bits per heavy atom. The van der Waals surface area contributed by atoms with Gasteiger partial charge in [0, 0.05) is 11.8 Å². The molecular weight excluding hydrogens is 370 g/mol. The number of nitro benzene ring substituents is 1. The van der Waals surface area contributed by atoms with Gasteiger partial charge in [-0.2, -0.15) is 10.1 Å². The highest BCUT2D eigenvalue weighted by Gasteiger charge is 2.36. The average Bonchev–Trinajstić information content (AvgIpc) is 3.07. The molecule has 1 aromatic heterocycles. The number of phenolic OH excluding ortho intramolecular Hbond substituents is 1. The number of esters is 1. The van der Waals surface area contributed by atoms with Gasteiger partial charge in [0.1, 0.15) is 12.4 Å². The third-order valence-electron chi connectivity index (χ3n) is 4.17. The first kappa shape index (κ1) is 19.1. The van der Waals surface area contributed by atoms with Gasteiger partial charge in [0.05, 0.1) is 23.7 Å². The van der Waals surface area contributed by atoms with E-state index in [2.05, 4.69) is 15.4 Å². The highest BCUT2D eigenvalue weighted by molar-refractivity contribution is 5.92. The van der Waals surface area contributed by atoms with Crippen molar-refractivity contribution in [2.24, 2.45) is 0 Å². The lowest BCUT2D eigenvalue weighted by Gasteiger charge is -2.28. The number of anilines is 1. The lowest BCUT2D eigenvalue weighted by Crippen LogP contribution is -2.30. The van der Waals surface area contributed by atoms with Crippen LogP contribution in [0.2, 0.25) is 0 Å². The van der Waals surface area contributed by atoms with Gasteiger partial charge in [-0.25, -0.2) is 9.48 Å². The number of rotatable bonds is 5. The molecule has 1 aliphatic rings. The molecule has 28 heavy (non-hydrogen) atoms. The van der Waals surface area contributed by atoms with Crippen LogP contribution in [-0.2, 0) is 9.53 Å². The van der Waals surface area contributed by atoms with E-state index in [4.69, 9.17) is 9.47 Å². The molecule has 0 spiro atoms. The Kier molecular flexibility index (Phi) is 4.91. The van der Waals surface area contributed by atoms with Gasteiger partial charge in [-0.1, -0.05) is 0 Å². The smallest absolute Gasteiger partial charge is 0.338 e. The number of phenols is 1. The summed E-state index contributed by atoms with van der Waals surface area (Å²) >= 11 is 0. The number of methoxy groups -OCH3 is 1. The maximum atomic E-state index is 12.8. The van der Waals surface area contributed by atoms with E-state index in [9.17, 15) is 20.0 Å². The van der Waals surface area contributed by atoms with Crippen molar-refractivity contribution in [3.63, 3.8) is 0 Å². The number of fused-ring (bicyclic) bond motifs is 1. The van der Waals surface area contributed by atoms with Crippen LogP contribution in [0.4, 0.5) is 11.6 Å². The van der Waals surface area contributed by atoms with Gasteiger partial charge in [-0.05, 0) is 32.4 Å². The summed E-state index contributed by atoms with van der Waals surface area (Å²) in [6.07, 6.45) is 0.931. The summed E-state index contributed by atoms with van der Waals surface area (Å²) in [5.74, 6) is -0.936. The molecular formula is C17H19N5O6. The van der Waals surface area contributed by atoms with Crippen molar-refractivity contribution in [2.75, 3.05) is 12.4 Å². The summed E-state index contributed by atoms with van der Waals surface area (Å²) in [5.41, 5.74) is 0.452. The van der Waals surface area contributed by atoms with Crippen molar-refractivity contribution in [2.45, 2.75) is 32.9 Å². The fourth-order valence-electron chi connectivity index (χ4n) is 3.01. The molecule has 11 heteroatoms. The first-order valence-electron chi connectivity index (χ1n) is 8.38. The van der Waals surface area contributed by atoms with E-state index in [1.165, 1.54) is 30.3 Å². The van der Waals surface area contributed by atoms with Gasteiger partial charge in [0.15, 0.2) is 5.75 Å². The second-order valence-electron chi connectivity index (χ2n) is 6.40. The Morgan fingerprint density at radius 1 is 1.43 bits per heavy atom. The molecule has 0 radical (unpaired) electrons. The van der Waals surface area contributed by atoms with E-state index < -0.39 is 28.4 Å². The van der Waals surface area contributed by atoms with Crippen molar-refractivity contribution in [1.82, 2.24) is 14.8 Å². The van der Waals surface area contributed by atoms with Crippen molar-refractivity contribution in [3.8, 4) is 11.5 Å². The second-order valence-corrected chi connectivity index (χ2v) is 6.40. The monoisotopic (exact) mass is 389 g/mol. The first-order valence-corrected chi connectivity index (χ1v) is 8.38. The van der Waals surface area contributed by atoms with Gasteiger partial charge >= 0.3 is 11.7 Å². The summed E-state index contributed by atoms with van der Waals surface area (Å²) in [4.78, 5) is 27.5. The van der Waals surface area contributed by atoms with Gasteiger partial charge in [-0.15, -0.1) is 0 Å². The molecule has 148 valence electrons. The molecule has 1 atom stereocenters. The quantitative estimate of drug-likeness (QED) is 0.447. The number of carbonyl (C=O) groups is 1. The summed E-state index contributed by atoms with van der Waals surface area (Å²) in [6, 6.07) is 1.73. The Bertz CT molecular complexity index is 980. The number of nitrogens with zero attached hydrogens (tertiary/aromatic N) is 4. The number of hydrogen-bond donors (Lipinski definition) is 2. The number of nitrogens with one attached hydrogen (secondary N) is 1. The Morgan fingerprint density at radius 3 is 2.75 bits per heavy atom. The zero-order chi connectivity index (χ0) is 20.6. The van der Waals surface area contributed by atoms with E-state index >= 15 is 0 Å². The first-order chi connectivity index (χ1) is 13.2. The fourth-order valence-corrected chi connectivity index (χ4v) is 3.01. The normalized spacial score (nSPS) is 15.8. The highest BCUT2D eigenvalue weighted by atomic mass is 16.6. The standard InChI is InChI=1S/C17H19N5O6/c1-8(2)28-16(24)13-9(3)20-17-18-7-19-21(17)14(13)10-5-11(22(25)26)15(23)12(6-10)27-4/h5-8,14,23H,1-4H3,(H,18,19,20)/t14-/m1/s1. The van der Waals surface area contributed by atoms with Gasteiger partial charge in [0.2, 0.25) is 11.7 Å². The van der Waals surface area contributed by atoms with Gasteiger partial charge in [-0.3, -0.25) is 10.1 Å². The summed E-state index contributed by atoms with van der Waals surface area (Å²) < 4.78 is 11.8. The van der Waals surface area contributed by atoms with Crippen LogP contribution in [-0.4, -0.2) is 44.0 Å². The van der Waals surface area contributed by atoms with Crippen molar-refractivity contribution >= 4 is 17.6 Å². The minimum absolute atomic E-state index is 0.0985. The summed E-state index contributed by atoms with van der Waals surface area (Å²) in [5, 5.41) is 28.6. The SMILES string of the molecule is COc1cc([C@@H]2C(C(=O)OC(C)C)=C(C)Nc3ncnn32)cc([N+](=O)[O-])c1O. The molecule has 0 aliphatic carbocycles. The minimum Gasteiger partial charge on any atom is -0.500 e. The molecule has 0 bridgehead atoms. The number of nitro groups is 1. The maximum Gasteiger partial charge on any atom is 0.338 e. The molecule has 1 aromatic carbocycles. The largest absolute Gasteiger partial charge is 0.500 e. The summed E-state index contributed by atoms with van der Waals surface area (Å²) in [7, 11) is 1.28. The highest BCUT2D eigenvalue weighted by Crippen LogP contribution is 2.43. The lowest BCUT2D eigenvalue weighted by molar-refractivity contribution is -0.386. The van der Waals surface area contributed by atoms with Crippen LogP contribution in [0.1, 0.15) is 32.4 Å². The molecule has 0 saturated carbocycles. The molecule has 3 rings (SSSR count). The summed E-state index contributed by atoms with van der Waals surface area (Å²) in [6.45, 7) is 5.11. The number of aromatic hydroxyl groups is 1. The molecule has 0 saturated heterocycles. The van der Waals surface area contributed by atoms with Crippen LogP contribution < -0.4 is 10.1 Å². The molecule has 0 fully saturated rings. The van der Waals surface area contributed by atoms with Crippen LogP contribution in [0.3, 0.4) is 0 Å². The molecule has 2 heterocycles. The van der Waals surface area contributed by atoms with Crippen LogP contribution in [0.5, 0.6) is 11.5 Å².